The van der Waals surface area contributed by atoms with Crippen LogP contribution in [0.4, 0.5) is 0 Å². The van der Waals surface area contributed by atoms with Crippen LogP contribution in [0.25, 0.3) is 77.5 Å². The van der Waals surface area contributed by atoms with E-state index in [0.717, 1.165) is 33.9 Å². The lowest BCUT2D eigenvalue weighted by Crippen LogP contribution is -1.95. The summed E-state index contributed by atoms with van der Waals surface area (Å²) in [5.41, 5.74) is 10.8. The minimum Gasteiger partial charge on any atom is -0.309 e. The van der Waals surface area contributed by atoms with Gasteiger partial charge in [-0.2, -0.15) is 0 Å². The fourth-order valence-electron chi connectivity index (χ4n) is 6.59. The van der Waals surface area contributed by atoms with E-state index in [-0.39, 0.29) is 0 Å². The number of hydrogen-bond donors (Lipinski definition) is 0. The summed E-state index contributed by atoms with van der Waals surface area (Å²) in [7, 11) is 0. The van der Waals surface area contributed by atoms with Gasteiger partial charge in [0, 0.05) is 44.0 Å². The second-order valence-corrected chi connectivity index (χ2v) is 11.1. The maximum atomic E-state index is 4.80. The first-order valence-electron chi connectivity index (χ1n) is 14.8. The molecule has 44 heavy (non-hydrogen) atoms. The van der Waals surface area contributed by atoms with Crippen molar-refractivity contribution < 1.29 is 0 Å². The predicted molar refractivity (Wildman–Crippen MR) is 182 cm³/mol. The highest BCUT2D eigenvalue weighted by Gasteiger charge is 2.13. The van der Waals surface area contributed by atoms with Crippen LogP contribution in [-0.2, 0) is 0 Å². The molecule has 0 unspecified atom stereocenters. The molecule has 4 heteroatoms. The van der Waals surface area contributed by atoms with Crippen molar-refractivity contribution in [2.24, 2.45) is 0 Å². The molecule has 4 nitrogen and oxygen atoms in total. The smallest absolute Gasteiger partial charge is 0.0885 e. The molecule has 9 rings (SSSR count). The van der Waals surface area contributed by atoms with Crippen molar-refractivity contribution in [3.63, 3.8) is 0 Å². The first-order chi connectivity index (χ1) is 21.8. The molecular weight excluding hydrogens is 536 g/mol. The normalized spacial score (nSPS) is 11.6. The fraction of sp³-hybridized carbons (Fsp3) is 0. The van der Waals surface area contributed by atoms with Gasteiger partial charge < -0.3 is 9.13 Å². The summed E-state index contributed by atoms with van der Waals surface area (Å²) in [6.45, 7) is 0. The van der Waals surface area contributed by atoms with Crippen molar-refractivity contribution in [3.8, 4) is 33.9 Å². The summed E-state index contributed by atoms with van der Waals surface area (Å²) >= 11 is 0. The summed E-state index contributed by atoms with van der Waals surface area (Å²) in [6.07, 6.45) is 3.73. The summed E-state index contributed by atoms with van der Waals surface area (Å²) in [5.74, 6) is 0. The van der Waals surface area contributed by atoms with Gasteiger partial charge in [0.2, 0.25) is 0 Å². The van der Waals surface area contributed by atoms with E-state index < -0.39 is 0 Å². The van der Waals surface area contributed by atoms with Crippen LogP contribution in [0.15, 0.2) is 158 Å². The van der Waals surface area contributed by atoms with Crippen LogP contribution < -0.4 is 0 Å². The Bertz CT molecular complexity index is 2180. The molecule has 0 aliphatic carbocycles. The molecule has 0 aliphatic heterocycles. The maximum Gasteiger partial charge on any atom is 0.0885 e. The van der Waals surface area contributed by atoms with Crippen molar-refractivity contribution in [2.75, 3.05) is 0 Å². The topological polar surface area (TPSA) is 35.6 Å². The Morgan fingerprint density at radius 3 is 0.909 bits per heavy atom. The van der Waals surface area contributed by atoms with Crippen molar-refractivity contribution in [1.82, 2.24) is 19.1 Å². The monoisotopic (exact) mass is 562 g/mol. The van der Waals surface area contributed by atoms with Gasteiger partial charge in [0.1, 0.15) is 0 Å². The quantitative estimate of drug-likeness (QED) is 0.214. The number of nitrogens with zero attached hydrogens (tertiary/aromatic N) is 4. The van der Waals surface area contributed by atoms with E-state index in [9.17, 15) is 0 Å². The van der Waals surface area contributed by atoms with Crippen molar-refractivity contribution >= 4 is 43.6 Å². The molecule has 0 amide bonds. The highest BCUT2D eigenvalue weighted by Crippen LogP contribution is 2.34. The van der Waals surface area contributed by atoms with Gasteiger partial charge in [0.05, 0.1) is 45.8 Å². The minimum absolute atomic E-state index is 0.851. The zero-order valence-corrected chi connectivity index (χ0v) is 23.8. The molecule has 0 atom stereocenters. The van der Waals surface area contributed by atoms with E-state index in [4.69, 9.17) is 9.97 Å². The Kier molecular flexibility index (Phi) is 5.47. The minimum atomic E-state index is 0.851. The number of rotatable bonds is 4. The third-order valence-electron chi connectivity index (χ3n) is 8.65. The molecule has 0 saturated carbocycles. The number of para-hydroxylation sites is 4. The van der Waals surface area contributed by atoms with Gasteiger partial charge in [-0.1, -0.05) is 97.1 Å². The molecule has 0 saturated heterocycles. The van der Waals surface area contributed by atoms with Crippen molar-refractivity contribution in [3.05, 3.63) is 158 Å². The molecule has 206 valence electrons. The molecule has 3 aromatic heterocycles. The van der Waals surface area contributed by atoms with Crippen LogP contribution in [0.3, 0.4) is 0 Å². The summed E-state index contributed by atoms with van der Waals surface area (Å²) in [4.78, 5) is 9.59. The molecule has 0 fully saturated rings. The highest BCUT2D eigenvalue weighted by atomic mass is 15.0. The lowest BCUT2D eigenvalue weighted by Gasteiger charge is -2.10. The second kappa shape index (κ2) is 9.79. The van der Waals surface area contributed by atoms with Crippen molar-refractivity contribution in [1.29, 1.82) is 0 Å². The average molecular weight is 563 g/mol. The number of aromatic nitrogens is 4. The van der Waals surface area contributed by atoms with Crippen molar-refractivity contribution in [2.45, 2.75) is 0 Å². The first-order valence-corrected chi connectivity index (χ1v) is 14.8. The third kappa shape index (κ3) is 3.78. The van der Waals surface area contributed by atoms with Crippen LogP contribution in [0.2, 0.25) is 0 Å². The van der Waals surface area contributed by atoms with E-state index in [1.807, 2.05) is 12.4 Å². The predicted octanol–water partition coefficient (Wildman–Crippen LogP) is 10.0. The first kappa shape index (κ1) is 24.6. The van der Waals surface area contributed by atoms with Crippen LogP contribution in [-0.4, -0.2) is 19.1 Å². The van der Waals surface area contributed by atoms with Crippen LogP contribution in [0.1, 0.15) is 0 Å². The zero-order chi connectivity index (χ0) is 29.0. The van der Waals surface area contributed by atoms with E-state index in [1.165, 1.54) is 43.6 Å². The van der Waals surface area contributed by atoms with Crippen LogP contribution in [0, 0.1) is 0 Å². The molecule has 3 heterocycles. The Hall–Kier alpha value is -6.00. The SMILES string of the molecule is c1ccc2c(c1)c1ccccc1n2-c1ccc(-c2cnc(-c3ccc(-n4c5ccccc5c5ccccc54)cc3)cn2)cc1. The van der Waals surface area contributed by atoms with Gasteiger partial charge in [-0.25, -0.2) is 0 Å². The van der Waals surface area contributed by atoms with Crippen LogP contribution in [0.5, 0.6) is 0 Å². The third-order valence-corrected chi connectivity index (χ3v) is 8.65. The molecule has 6 aromatic carbocycles. The van der Waals surface area contributed by atoms with Gasteiger partial charge in [-0.3, -0.25) is 9.97 Å². The Morgan fingerprint density at radius 1 is 0.318 bits per heavy atom. The lowest BCUT2D eigenvalue weighted by molar-refractivity contribution is 1.17. The number of benzene rings is 6. The highest BCUT2D eigenvalue weighted by molar-refractivity contribution is 6.10. The zero-order valence-electron chi connectivity index (χ0n) is 23.8. The largest absolute Gasteiger partial charge is 0.309 e. The standard InChI is InChI=1S/C40H26N4/c1-5-13-37-31(9-1)32-10-2-6-14-38(32)43(37)29-21-17-27(18-22-29)35-25-42-36(26-41-35)28-19-23-30(24-20-28)44-39-15-7-3-11-33(39)34-12-4-8-16-40(34)44/h1-26H. The fourth-order valence-corrected chi connectivity index (χ4v) is 6.59. The summed E-state index contributed by atoms with van der Waals surface area (Å²) in [5, 5.41) is 5.04. The number of fused-ring (bicyclic) bond motifs is 6. The molecular formula is C40H26N4. The Labute approximate surface area is 254 Å². The van der Waals surface area contributed by atoms with Gasteiger partial charge in [0.25, 0.3) is 0 Å². The summed E-state index contributed by atoms with van der Waals surface area (Å²) < 4.78 is 4.65. The van der Waals surface area contributed by atoms with Gasteiger partial charge in [0.15, 0.2) is 0 Å². The van der Waals surface area contributed by atoms with E-state index in [0.29, 0.717) is 0 Å². The summed E-state index contributed by atoms with van der Waals surface area (Å²) in [6, 6.07) is 51.5. The molecule has 0 N–H and O–H groups in total. The molecule has 0 spiro atoms. The van der Waals surface area contributed by atoms with E-state index >= 15 is 0 Å². The molecule has 0 aliphatic rings. The molecule has 9 aromatic rings. The Balaban J connectivity index is 1.02. The molecule has 0 bridgehead atoms. The lowest BCUT2D eigenvalue weighted by atomic mass is 10.1. The van der Waals surface area contributed by atoms with Gasteiger partial charge in [-0.15, -0.1) is 0 Å². The second-order valence-electron chi connectivity index (χ2n) is 11.1. The van der Waals surface area contributed by atoms with Gasteiger partial charge >= 0.3 is 0 Å². The van der Waals surface area contributed by atoms with Gasteiger partial charge in [-0.05, 0) is 48.5 Å². The Morgan fingerprint density at radius 2 is 0.614 bits per heavy atom. The van der Waals surface area contributed by atoms with E-state index in [2.05, 4.69) is 155 Å². The maximum absolute atomic E-state index is 4.80. The number of hydrogen-bond acceptors (Lipinski definition) is 2. The van der Waals surface area contributed by atoms with E-state index in [1.54, 1.807) is 0 Å². The van der Waals surface area contributed by atoms with Crippen LogP contribution >= 0.6 is 0 Å². The molecule has 0 radical (unpaired) electrons. The average Bonchev–Trinajstić information content (AvgIpc) is 3.62.